The Hall–Kier alpha value is -1.21. The summed E-state index contributed by atoms with van der Waals surface area (Å²) < 4.78 is 7.98. The lowest BCUT2D eigenvalue weighted by Crippen LogP contribution is -2.44. The normalized spacial score (nSPS) is 13.4. The summed E-state index contributed by atoms with van der Waals surface area (Å²) in [5.41, 5.74) is 0.663. The first-order chi connectivity index (χ1) is 10.6. The molecule has 0 amide bonds. The number of thiocarbonyl (C=S) groups is 1. The third kappa shape index (κ3) is 7.74. The van der Waals surface area contributed by atoms with Crippen LogP contribution in [0.4, 0.5) is 0 Å². The van der Waals surface area contributed by atoms with E-state index in [4.69, 9.17) is 17.0 Å². The maximum atomic E-state index is 6.13. The number of nitrogens with one attached hydrogen (secondary N) is 2. The number of ether oxygens (including phenoxy) is 1. The van der Waals surface area contributed by atoms with Gasteiger partial charge in [0.15, 0.2) is 5.11 Å². The van der Waals surface area contributed by atoms with E-state index in [2.05, 4.69) is 62.5 Å². The van der Waals surface area contributed by atoms with Gasteiger partial charge in [0.1, 0.15) is 0 Å². The average molecular weight is 342 g/mol. The lowest BCUT2D eigenvalue weighted by Gasteiger charge is -2.29. The molecule has 0 bridgehead atoms. The van der Waals surface area contributed by atoms with Gasteiger partial charge in [-0.25, -0.2) is 4.68 Å². The van der Waals surface area contributed by atoms with Crippen LogP contribution >= 0.6 is 12.2 Å². The second-order valence-electron chi connectivity index (χ2n) is 7.19. The molecule has 0 spiro atoms. The summed E-state index contributed by atoms with van der Waals surface area (Å²) in [6.45, 7) is 15.8. The lowest BCUT2D eigenvalue weighted by atomic mass is 10.1. The molecule has 1 aromatic rings. The molecule has 132 valence electrons. The molecule has 1 unspecified atom stereocenters. The van der Waals surface area contributed by atoms with Gasteiger partial charge in [-0.1, -0.05) is 19.1 Å². The van der Waals surface area contributed by atoms with Crippen molar-refractivity contribution in [3.63, 3.8) is 0 Å². The summed E-state index contributed by atoms with van der Waals surface area (Å²) in [5, 5.41) is 15.4. The van der Waals surface area contributed by atoms with E-state index >= 15 is 0 Å². The van der Waals surface area contributed by atoms with Gasteiger partial charge in [-0.15, -0.1) is 5.10 Å². The highest BCUT2D eigenvalue weighted by atomic mass is 32.1. The summed E-state index contributed by atoms with van der Waals surface area (Å²) in [5.74, 6) is 0.380. The van der Waals surface area contributed by atoms with Gasteiger partial charge in [0.2, 0.25) is 0 Å². The van der Waals surface area contributed by atoms with E-state index in [1.165, 1.54) is 0 Å². The molecule has 1 aromatic heterocycles. The summed E-state index contributed by atoms with van der Waals surface area (Å²) in [6.07, 6.45) is 2.02. The standard InChI is InChI=1S/C16H31N5OS/c1-11(2)14-9-21(20-19-14)10-16(6,7)22-13(5)8-17-15(23)18-12(3)4/h9,11-13H,8,10H2,1-7H3,(H2,17,18,23). The first-order valence-electron chi connectivity index (χ1n) is 8.21. The second-order valence-corrected chi connectivity index (χ2v) is 7.60. The summed E-state index contributed by atoms with van der Waals surface area (Å²) in [4.78, 5) is 0. The van der Waals surface area contributed by atoms with Gasteiger partial charge in [0, 0.05) is 18.8 Å². The van der Waals surface area contributed by atoms with Crippen LogP contribution in [0.3, 0.4) is 0 Å². The van der Waals surface area contributed by atoms with Crippen molar-refractivity contribution in [2.45, 2.75) is 78.7 Å². The molecule has 0 aromatic carbocycles. The molecule has 6 nitrogen and oxygen atoms in total. The van der Waals surface area contributed by atoms with E-state index in [1.807, 2.05) is 17.8 Å². The SMILES string of the molecule is CC(C)NC(=S)NCC(C)OC(C)(C)Cn1cc(C(C)C)nn1. The quantitative estimate of drug-likeness (QED) is 0.708. The Morgan fingerprint density at radius 3 is 2.48 bits per heavy atom. The monoisotopic (exact) mass is 341 g/mol. The minimum absolute atomic E-state index is 0.0324. The number of hydrogen-bond donors (Lipinski definition) is 2. The molecule has 1 atom stereocenters. The summed E-state index contributed by atoms with van der Waals surface area (Å²) >= 11 is 5.22. The molecule has 0 saturated carbocycles. The minimum Gasteiger partial charge on any atom is -0.369 e. The van der Waals surface area contributed by atoms with Crippen molar-refractivity contribution in [2.24, 2.45) is 0 Å². The summed E-state index contributed by atoms with van der Waals surface area (Å²) in [6, 6.07) is 0.324. The molecular formula is C16H31N5OS. The number of aromatic nitrogens is 3. The van der Waals surface area contributed by atoms with Gasteiger partial charge in [-0.3, -0.25) is 0 Å². The molecule has 0 aliphatic carbocycles. The van der Waals surface area contributed by atoms with E-state index in [0.717, 1.165) is 5.69 Å². The zero-order valence-corrected chi connectivity index (χ0v) is 16.2. The van der Waals surface area contributed by atoms with E-state index in [9.17, 15) is 0 Å². The van der Waals surface area contributed by atoms with Crippen LogP contribution in [-0.2, 0) is 11.3 Å². The van der Waals surface area contributed by atoms with Gasteiger partial charge in [-0.2, -0.15) is 0 Å². The van der Waals surface area contributed by atoms with E-state index in [-0.39, 0.29) is 11.7 Å². The van der Waals surface area contributed by atoms with Crippen molar-refractivity contribution in [3.05, 3.63) is 11.9 Å². The van der Waals surface area contributed by atoms with Gasteiger partial charge in [-0.05, 0) is 52.8 Å². The van der Waals surface area contributed by atoms with Gasteiger partial charge >= 0.3 is 0 Å². The van der Waals surface area contributed by atoms with Crippen molar-refractivity contribution in [2.75, 3.05) is 6.54 Å². The van der Waals surface area contributed by atoms with Crippen LogP contribution in [0.1, 0.15) is 60.1 Å². The molecule has 0 fully saturated rings. The fraction of sp³-hybridized carbons (Fsp3) is 0.812. The summed E-state index contributed by atoms with van der Waals surface area (Å²) in [7, 11) is 0. The molecule has 0 saturated heterocycles. The predicted octanol–water partition coefficient (Wildman–Crippen LogP) is 2.46. The van der Waals surface area contributed by atoms with Crippen molar-refractivity contribution >= 4 is 17.3 Å². The Morgan fingerprint density at radius 1 is 1.30 bits per heavy atom. The number of hydrogen-bond acceptors (Lipinski definition) is 4. The van der Waals surface area contributed by atoms with Crippen LogP contribution < -0.4 is 10.6 Å². The third-order valence-electron chi connectivity index (χ3n) is 3.18. The van der Waals surface area contributed by atoms with Crippen molar-refractivity contribution in [3.8, 4) is 0 Å². The molecule has 1 heterocycles. The number of nitrogens with zero attached hydrogens (tertiary/aromatic N) is 3. The number of rotatable bonds is 8. The van der Waals surface area contributed by atoms with Crippen LogP contribution in [0.2, 0.25) is 0 Å². The second kappa shape index (κ2) is 8.59. The third-order valence-corrected chi connectivity index (χ3v) is 3.44. The smallest absolute Gasteiger partial charge is 0.166 e. The van der Waals surface area contributed by atoms with Crippen LogP contribution in [0.15, 0.2) is 6.20 Å². The molecule has 1 rings (SSSR count). The van der Waals surface area contributed by atoms with Crippen LogP contribution in [-0.4, -0.2) is 44.4 Å². The highest BCUT2D eigenvalue weighted by molar-refractivity contribution is 7.80. The first-order valence-corrected chi connectivity index (χ1v) is 8.62. The molecule has 0 aliphatic heterocycles. The van der Waals surface area contributed by atoms with Gasteiger partial charge in [0.25, 0.3) is 0 Å². The molecule has 0 radical (unpaired) electrons. The first kappa shape index (κ1) is 19.8. The van der Waals surface area contributed by atoms with Crippen LogP contribution in [0, 0.1) is 0 Å². The Labute approximate surface area is 145 Å². The molecular weight excluding hydrogens is 310 g/mol. The van der Waals surface area contributed by atoms with Gasteiger partial charge < -0.3 is 15.4 Å². The van der Waals surface area contributed by atoms with Crippen molar-refractivity contribution in [1.29, 1.82) is 0 Å². The highest BCUT2D eigenvalue weighted by Gasteiger charge is 2.23. The molecule has 0 aliphatic rings. The molecule has 7 heteroatoms. The van der Waals surface area contributed by atoms with E-state index in [1.54, 1.807) is 0 Å². The van der Waals surface area contributed by atoms with Gasteiger partial charge in [0.05, 0.1) is 23.9 Å². The van der Waals surface area contributed by atoms with Crippen LogP contribution in [0.25, 0.3) is 0 Å². The topological polar surface area (TPSA) is 64.0 Å². The highest BCUT2D eigenvalue weighted by Crippen LogP contribution is 2.16. The Balaban J connectivity index is 2.45. The lowest BCUT2D eigenvalue weighted by molar-refractivity contribution is -0.0723. The predicted molar refractivity (Wildman–Crippen MR) is 97.6 cm³/mol. The van der Waals surface area contributed by atoms with E-state index < -0.39 is 0 Å². The minimum atomic E-state index is -0.337. The maximum absolute atomic E-state index is 6.13. The zero-order chi connectivity index (χ0) is 17.6. The average Bonchev–Trinajstić information content (AvgIpc) is 2.82. The largest absolute Gasteiger partial charge is 0.369 e. The van der Waals surface area contributed by atoms with Crippen molar-refractivity contribution in [1.82, 2.24) is 25.6 Å². The molecule has 2 N–H and O–H groups in total. The van der Waals surface area contributed by atoms with Crippen LogP contribution in [0.5, 0.6) is 0 Å². The fourth-order valence-electron chi connectivity index (χ4n) is 2.22. The fourth-order valence-corrected chi connectivity index (χ4v) is 2.54. The van der Waals surface area contributed by atoms with Crippen molar-refractivity contribution < 1.29 is 4.74 Å². The molecule has 23 heavy (non-hydrogen) atoms. The van der Waals surface area contributed by atoms with E-state index in [0.29, 0.717) is 30.2 Å². The zero-order valence-electron chi connectivity index (χ0n) is 15.4. The Bertz CT molecular complexity index is 498. The Morgan fingerprint density at radius 2 is 1.96 bits per heavy atom. The Kier molecular flexibility index (Phi) is 7.41. The maximum Gasteiger partial charge on any atom is 0.166 e.